The Kier molecular flexibility index (Phi) is 5.54. The molecule has 0 aromatic carbocycles. The van der Waals surface area contributed by atoms with Crippen molar-refractivity contribution in [2.24, 2.45) is 0 Å². The molecule has 146 valence electrons. The van der Waals surface area contributed by atoms with Crippen LogP contribution in [0.15, 0.2) is 18.7 Å². The van der Waals surface area contributed by atoms with E-state index in [4.69, 9.17) is 0 Å². The maximum Gasteiger partial charge on any atom is 0.261 e. The van der Waals surface area contributed by atoms with Crippen LogP contribution < -0.4 is 4.34 Å². The molecule has 0 N–H and O–H groups in total. The Hall–Kier alpha value is -0.330. The lowest BCUT2D eigenvalue weighted by atomic mass is 10.2. The van der Waals surface area contributed by atoms with Crippen LogP contribution in [-0.2, 0) is 9.13 Å². The molecule has 6 heteroatoms. The van der Waals surface area contributed by atoms with Gasteiger partial charge in [-0.1, -0.05) is 0 Å². The summed E-state index contributed by atoms with van der Waals surface area (Å²) < 4.78 is 32.0. The van der Waals surface area contributed by atoms with E-state index in [9.17, 15) is 9.13 Å². The molecule has 0 atom stereocenters. The average molecular weight is 389 g/mol. The van der Waals surface area contributed by atoms with Gasteiger partial charge < -0.3 is 0 Å². The van der Waals surface area contributed by atoms with Gasteiger partial charge in [0.15, 0.2) is 0 Å². The van der Waals surface area contributed by atoms with E-state index in [1.165, 1.54) is 0 Å². The number of imidazole rings is 1. The Morgan fingerprint density at radius 1 is 0.680 bits per heavy atom. The highest BCUT2D eigenvalue weighted by molar-refractivity contribution is 7.65. The summed E-state index contributed by atoms with van der Waals surface area (Å²) in [4.78, 5) is 0. The van der Waals surface area contributed by atoms with Crippen molar-refractivity contribution in [1.29, 1.82) is 0 Å². The first kappa shape index (κ1) is 22.7. The lowest BCUT2D eigenvalue weighted by Crippen LogP contribution is -2.46. The third-order valence-corrected chi connectivity index (χ3v) is 13.9. The summed E-state index contributed by atoms with van der Waals surface area (Å²) in [5.41, 5.74) is 0. The quantitative estimate of drug-likeness (QED) is 0.563. The molecule has 0 aliphatic carbocycles. The van der Waals surface area contributed by atoms with Crippen LogP contribution >= 0.6 is 14.6 Å². The molecule has 1 rings (SSSR count). The predicted molar refractivity (Wildman–Crippen MR) is 110 cm³/mol. The Balaban J connectivity index is 3.74. The van der Waals surface area contributed by atoms with Gasteiger partial charge in [0.2, 0.25) is 0 Å². The van der Waals surface area contributed by atoms with Crippen LogP contribution in [0.25, 0.3) is 0 Å². The van der Waals surface area contributed by atoms with E-state index in [1.807, 2.05) is 110 Å². The van der Waals surface area contributed by atoms with Gasteiger partial charge in [0, 0.05) is 0 Å². The average Bonchev–Trinajstić information content (AvgIpc) is 2.80. The molecular weight excluding hydrogens is 350 g/mol. The van der Waals surface area contributed by atoms with E-state index in [2.05, 4.69) is 0 Å². The highest BCUT2D eigenvalue weighted by Gasteiger charge is 2.55. The van der Waals surface area contributed by atoms with Crippen molar-refractivity contribution in [3.8, 4) is 0 Å². The Morgan fingerprint density at radius 2 is 1.04 bits per heavy atom. The zero-order valence-corrected chi connectivity index (χ0v) is 20.1. The maximum absolute atomic E-state index is 14.2. The lowest BCUT2D eigenvalue weighted by molar-refractivity contribution is -0.523. The fourth-order valence-corrected chi connectivity index (χ4v) is 12.0. The third-order valence-electron chi connectivity index (χ3n) is 4.90. The summed E-state index contributed by atoms with van der Waals surface area (Å²) in [6.45, 7) is 24.3. The second-order valence-electron chi connectivity index (χ2n) is 11.0. The molecule has 1 aromatic rings. The van der Waals surface area contributed by atoms with Crippen LogP contribution in [0.1, 0.15) is 83.1 Å². The zero-order chi connectivity index (χ0) is 20.3. The van der Waals surface area contributed by atoms with E-state index in [1.54, 1.807) is 0 Å². The highest BCUT2D eigenvalue weighted by atomic mass is 31.2. The first-order chi connectivity index (χ1) is 10.7. The molecule has 0 aliphatic heterocycles. The maximum atomic E-state index is 14.2. The van der Waals surface area contributed by atoms with Crippen molar-refractivity contribution in [1.82, 2.24) is 4.34 Å². The minimum Gasteiger partial charge on any atom is -0.273 e. The molecule has 0 amide bonds. The van der Waals surface area contributed by atoms with Crippen LogP contribution in [0.3, 0.4) is 0 Å². The summed E-state index contributed by atoms with van der Waals surface area (Å²) in [5, 5.41) is -1.57. The molecule has 0 unspecified atom stereocenters. The molecule has 0 aliphatic rings. The Bertz CT molecular complexity index is 624. The second-order valence-corrected chi connectivity index (χ2v) is 19.6. The van der Waals surface area contributed by atoms with Gasteiger partial charge in [0.25, 0.3) is 20.9 Å². The van der Waals surface area contributed by atoms with Crippen molar-refractivity contribution in [2.45, 2.75) is 104 Å². The van der Waals surface area contributed by atoms with Gasteiger partial charge in [-0.25, -0.2) is 0 Å². The van der Waals surface area contributed by atoms with E-state index < -0.39 is 35.2 Å². The molecule has 0 radical (unpaired) electrons. The molecular formula is C19H39N2O2P2+. The smallest absolute Gasteiger partial charge is 0.261 e. The van der Waals surface area contributed by atoms with Crippen LogP contribution in [0, 0.1) is 0 Å². The van der Waals surface area contributed by atoms with Crippen LogP contribution in [0.5, 0.6) is 0 Å². The standard InChI is InChI=1S/C19H39N2O2P2/c1-16(2,3)24(22,17(4,5)6)20-13-14-21(15-20)25(23,18(7,8)9)19(10,11)12/h13-15H,1-12H3/q+1. The Morgan fingerprint density at radius 3 is 1.32 bits per heavy atom. The molecule has 0 saturated carbocycles. The van der Waals surface area contributed by atoms with Gasteiger partial charge in [-0.2, -0.15) is 8.68 Å². The van der Waals surface area contributed by atoms with Crippen LogP contribution in [0.4, 0.5) is 0 Å². The van der Waals surface area contributed by atoms with Crippen LogP contribution in [0.2, 0.25) is 0 Å². The molecule has 1 aromatic heterocycles. The van der Waals surface area contributed by atoms with E-state index in [0.29, 0.717) is 0 Å². The van der Waals surface area contributed by atoms with Crippen molar-refractivity contribution >= 4 is 14.6 Å². The van der Waals surface area contributed by atoms with Crippen molar-refractivity contribution in [3.05, 3.63) is 18.7 Å². The summed E-state index contributed by atoms with van der Waals surface area (Å²) in [7, 11) is -5.64. The first-order valence-corrected chi connectivity index (χ1v) is 12.3. The van der Waals surface area contributed by atoms with Gasteiger partial charge in [0.1, 0.15) is 12.4 Å². The van der Waals surface area contributed by atoms with Crippen molar-refractivity contribution < 1.29 is 13.5 Å². The summed E-state index contributed by atoms with van der Waals surface area (Å²) >= 11 is 0. The minimum absolute atomic E-state index is 0.393. The minimum atomic E-state index is -2.82. The zero-order valence-electron chi connectivity index (χ0n) is 18.3. The van der Waals surface area contributed by atoms with Gasteiger partial charge in [-0.05, 0) is 83.1 Å². The van der Waals surface area contributed by atoms with Gasteiger partial charge in [-0.15, -0.1) is 0 Å². The number of hydrogen-bond donors (Lipinski definition) is 0. The van der Waals surface area contributed by atoms with E-state index >= 15 is 0 Å². The summed E-state index contributed by atoms with van der Waals surface area (Å²) in [6, 6.07) is 0. The Labute approximate surface area is 155 Å². The molecule has 0 saturated heterocycles. The number of rotatable bonds is 2. The molecule has 0 fully saturated rings. The fourth-order valence-electron chi connectivity index (χ4n) is 4.07. The normalized spacial score (nSPS) is 15.5. The molecule has 0 spiro atoms. The van der Waals surface area contributed by atoms with Gasteiger partial charge >= 0.3 is 0 Å². The van der Waals surface area contributed by atoms with E-state index in [-0.39, 0.29) is 0 Å². The summed E-state index contributed by atoms with van der Waals surface area (Å²) in [6.07, 6.45) is 5.53. The van der Waals surface area contributed by atoms with Gasteiger partial charge in [-0.3, -0.25) is 9.13 Å². The molecule has 1 heterocycles. The second kappa shape index (κ2) is 6.10. The number of hydrogen-bond acceptors (Lipinski definition) is 2. The first-order valence-electron chi connectivity index (χ1n) is 9.03. The highest BCUT2D eigenvalue weighted by Crippen LogP contribution is 2.68. The predicted octanol–water partition coefficient (Wildman–Crippen LogP) is 6.22. The van der Waals surface area contributed by atoms with Crippen LogP contribution in [-0.4, -0.2) is 25.0 Å². The monoisotopic (exact) mass is 389 g/mol. The van der Waals surface area contributed by atoms with Crippen molar-refractivity contribution in [2.75, 3.05) is 0 Å². The molecule has 25 heavy (non-hydrogen) atoms. The van der Waals surface area contributed by atoms with E-state index in [0.717, 1.165) is 0 Å². The SMILES string of the molecule is CC(C)(C)P(=O)(n1cc[n+](P(=O)(C(C)(C)C)C(C)(C)C)c1)C(C)(C)C. The fraction of sp³-hybridized carbons (Fsp3) is 0.842. The molecule has 0 bridgehead atoms. The summed E-state index contributed by atoms with van der Waals surface area (Å²) in [5.74, 6) is 0. The third kappa shape index (κ3) is 3.46. The molecule has 4 nitrogen and oxygen atoms in total. The topological polar surface area (TPSA) is 43.0 Å². The van der Waals surface area contributed by atoms with Crippen molar-refractivity contribution in [3.63, 3.8) is 0 Å². The number of aromatic nitrogens is 2. The lowest BCUT2D eigenvalue weighted by Gasteiger charge is -2.38. The number of nitrogens with zero attached hydrogens (tertiary/aromatic N) is 2. The largest absolute Gasteiger partial charge is 0.273 e. The van der Waals surface area contributed by atoms with Gasteiger partial charge in [0.05, 0.1) is 20.6 Å².